The maximum Gasteiger partial charge on any atom is 0.255 e. The first-order valence-corrected chi connectivity index (χ1v) is 10.4. The third-order valence-corrected chi connectivity index (χ3v) is 7.12. The topological polar surface area (TPSA) is 59.7 Å². The molecule has 0 N–H and O–H groups in total. The van der Waals surface area contributed by atoms with Gasteiger partial charge in [-0.3, -0.25) is 9.80 Å². The number of benzene rings is 2. The van der Waals surface area contributed by atoms with Gasteiger partial charge in [0.15, 0.2) is 0 Å². The molecule has 2 atom stereocenters. The van der Waals surface area contributed by atoms with Crippen molar-refractivity contribution in [2.75, 3.05) is 6.54 Å². The first-order chi connectivity index (χ1) is 14.0. The Kier molecular flexibility index (Phi) is 3.81. The van der Waals surface area contributed by atoms with E-state index >= 15 is 0 Å². The van der Waals surface area contributed by atoms with Gasteiger partial charge in [0.25, 0.3) is 5.91 Å². The van der Waals surface area contributed by atoms with Gasteiger partial charge in [-0.15, -0.1) is 0 Å². The second kappa shape index (κ2) is 6.08. The SMILES string of the molecule is CCC1(CC)C(=O)N2CC(C#N)C3(c4ccccc4)c4cc(Cl)ccc4N=C1N23. The minimum Gasteiger partial charge on any atom is -0.272 e. The Morgan fingerprint density at radius 1 is 1.21 bits per heavy atom. The van der Waals surface area contributed by atoms with Crippen molar-refractivity contribution in [2.45, 2.75) is 32.2 Å². The lowest BCUT2D eigenvalue weighted by atomic mass is 9.70. The number of carbonyl (C=O) groups excluding carboxylic acids is 1. The Labute approximate surface area is 175 Å². The second-order valence-corrected chi connectivity index (χ2v) is 8.34. The zero-order chi connectivity index (χ0) is 20.4. The van der Waals surface area contributed by atoms with E-state index in [1.165, 1.54) is 0 Å². The lowest BCUT2D eigenvalue weighted by molar-refractivity contribution is -0.142. The van der Waals surface area contributed by atoms with Crippen LogP contribution in [0.3, 0.4) is 0 Å². The number of amides is 1. The third-order valence-electron chi connectivity index (χ3n) is 6.88. The van der Waals surface area contributed by atoms with E-state index in [2.05, 4.69) is 6.07 Å². The molecule has 1 amide bonds. The van der Waals surface area contributed by atoms with Crippen LogP contribution in [-0.4, -0.2) is 28.3 Å². The Balaban J connectivity index is 1.92. The van der Waals surface area contributed by atoms with E-state index in [0.29, 0.717) is 24.4 Å². The number of nitriles is 1. The molecule has 0 spiro atoms. The maximum atomic E-state index is 13.6. The van der Waals surface area contributed by atoms with E-state index in [1.807, 2.05) is 67.4 Å². The lowest BCUT2D eigenvalue weighted by Gasteiger charge is -2.45. The molecular weight excluding hydrogens is 384 g/mol. The predicted octanol–water partition coefficient (Wildman–Crippen LogP) is 4.65. The van der Waals surface area contributed by atoms with Crippen molar-refractivity contribution in [2.24, 2.45) is 16.3 Å². The van der Waals surface area contributed by atoms with Crippen LogP contribution in [0.15, 0.2) is 53.5 Å². The molecule has 0 aromatic heterocycles. The molecule has 2 fully saturated rings. The van der Waals surface area contributed by atoms with Crippen molar-refractivity contribution >= 4 is 29.0 Å². The van der Waals surface area contributed by atoms with Gasteiger partial charge in [0.2, 0.25) is 0 Å². The van der Waals surface area contributed by atoms with E-state index in [0.717, 1.165) is 22.6 Å². The fourth-order valence-electron chi connectivity index (χ4n) is 5.38. The molecule has 0 bridgehead atoms. The van der Waals surface area contributed by atoms with Crippen LogP contribution in [-0.2, 0) is 10.3 Å². The molecule has 3 aliphatic rings. The summed E-state index contributed by atoms with van der Waals surface area (Å²) >= 11 is 6.40. The zero-order valence-corrected chi connectivity index (χ0v) is 17.1. The summed E-state index contributed by atoms with van der Waals surface area (Å²) in [5.41, 5.74) is 1.14. The molecule has 3 heterocycles. The molecule has 5 nitrogen and oxygen atoms in total. The number of hydrogen-bond donors (Lipinski definition) is 0. The Hall–Kier alpha value is -2.84. The van der Waals surface area contributed by atoms with E-state index in [1.54, 1.807) is 5.01 Å². The van der Waals surface area contributed by atoms with Crippen LogP contribution in [0.1, 0.15) is 37.8 Å². The van der Waals surface area contributed by atoms with Gasteiger partial charge in [-0.2, -0.15) is 5.26 Å². The predicted molar refractivity (Wildman–Crippen MR) is 111 cm³/mol. The quantitative estimate of drug-likeness (QED) is 0.748. The number of halogens is 1. The van der Waals surface area contributed by atoms with Crippen molar-refractivity contribution in [1.82, 2.24) is 10.0 Å². The van der Waals surface area contributed by atoms with Crippen LogP contribution in [0.4, 0.5) is 5.69 Å². The molecule has 3 aliphatic heterocycles. The minimum absolute atomic E-state index is 0.0400. The number of nitrogens with zero attached hydrogens (tertiary/aromatic N) is 4. The molecule has 2 aromatic rings. The van der Waals surface area contributed by atoms with Crippen LogP contribution >= 0.6 is 11.6 Å². The van der Waals surface area contributed by atoms with Gasteiger partial charge in [-0.1, -0.05) is 55.8 Å². The molecule has 2 unspecified atom stereocenters. The molecule has 2 aromatic carbocycles. The van der Waals surface area contributed by atoms with Crippen molar-refractivity contribution in [3.8, 4) is 6.07 Å². The number of amidine groups is 1. The average Bonchev–Trinajstić information content (AvgIpc) is 3.22. The number of hydrazine groups is 1. The molecule has 0 radical (unpaired) electrons. The first kappa shape index (κ1) is 18.2. The number of hydrogen-bond acceptors (Lipinski definition) is 4. The highest BCUT2D eigenvalue weighted by atomic mass is 35.5. The fraction of sp³-hybridized carbons (Fsp3) is 0.348. The summed E-state index contributed by atoms with van der Waals surface area (Å²) in [6, 6.07) is 18.1. The summed E-state index contributed by atoms with van der Waals surface area (Å²) in [6.07, 6.45) is 1.33. The van der Waals surface area contributed by atoms with Crippen LogP contribution in [0.2, 0.25) is 5.02 Å². The molecule has 0 saturated carbocycles. The highest BCUT2D eigenvalue weighted by Gasteiger charge is 2.69. The monoisotopic (exact) mass is 404 g/mol. The fourth-order valence-corrected chi connectivity index (χ4v) is 5.55. The van der Waals surface area contributed by atoms with Crippen molar-refractivity contribution in [3.05, 3.63) is 64.7 Å². The molecule has 2 saturated heterocycles. The van der Waals surface area contributed by atoms with Gasteiger partial charge >= 0.3 is 0 Å². The van der Waals surface area contributed by atoms with Gasteiger partial charge in [0.05, 0.1) is 24.2 Å². The summed E-state index contributed by atoms with van der Waals surface area (Å²) in [5, 5.41) is 14.6. The zero-order valence-electron chi connectivity index (χ0n) is 16.4. The van der Waals surface area contributed by atoms with Gasteiger partial charge in [-0.25, -0.2) is 10.0 Å². The van der Waals surface area contributed by atoms with Crippen LogP contribution in [0, 0.1) is 22.7 Å². The van der Waals surface area contributed by atoms with Gasteiger partial charge in [0.1, 0.15) is 16.8 Å². The smallest absolute Gasteiger partial charge is 0.255 e. The third kappa shape index (κ3) is 2.00. The lowest BCUT2D eigenvalue weighted by Crippen LogP contribution is -2.53. The Morgan fingerprint density at radius 2 is 1.93 bits per heavy atom. The maximum absolute atomic E-state index is 13.6. The molecule has 0 aliphatic carbocycles. The van der Waals surface area contributed by atoms with Crippen molar-refractivity contribution in [1.29, 1.82) is 5.26 Å². The summed E-state index contributed by atoms with van der Waals surface area (Å²) in [7, 11) is 0. The van der Waals surface area contributed by atoms with Gasteiger partial charge in [0, 0.05) is 10.6 Å². The number of carbonyl (C=O) groups is 1. The molecular formula is C23H21ClN4O. The summed E-state index contributed by atoms with van der Waals surface area (Å²) < 4.78 is 0. The van der Waals surface area contributed by atoms with Crippen molar-refractivity contribution in [3.63, 3.8) is 0 Å². The van der Waals surface area contributed by atoms with Gasteiger partial charge in [-0.05, 0) is 36.6 Å². The molecule has 29 heavy (non-hydrogen) atoms. The number of fused-ring (bicyclic) bond motifs is 2. The number of rotatable bonds is 3. The molecule has 5 rings (SSSR count). The molecule has 146 valence electrons. The summed E-state index contributed by atoms with van der Waals surface area (Å²) in [6.45, 7) is 4.42. The average molecular weight is 405 g/mol. The largest absolute Gasteiger partial charge is 0.272 e. The molecule has 6 heteroatoms. The first-order valence-electron chi connectivity index (χ1n) is 10.0. The normalized spacial score (nSPS) is 26.1. The van der Waals surface area contributed by atoms with E-state index in [4.69, 9.17) is 16.6 Å². The number of aliphatic imine (C=N–C) groups is 1. The van der Waals surface area contributed by atoms with E-state index in [-0.39, 0.29) is 5.91 Å². The standard InChI is InChI=1S/C23H21ClN4O/c1-3-22(4-2)20-26-19-11-10-17(24)12-18(19)23(15-8-6-5-7-9-15)16(13-25)14-27(21(22)29)28(20)23/h5-12,16H,3-4,14H2,1-2H3. The Bertz CT molecular complexity index is 1090. The van der Waals surface area contributed by atoms with Gasteiger partial charge < -0.3 is 0 Å². The van der Waals surface area contributed by atoms with Crippen molar-refractivity contribution < 1.29 is 4.79 Å². The van der Waals surface area contributed by atoms with Crippen LogP contribution in [0.25, 0.3) is 0 Å². The van der Waals surface area contributed by atoms with E-state index in [9.17, 15) is 10.1 Å². The van der Waals surface area contributed by atoms with Crippen LogP contribution < -0.4 is 0 Å². The second-order valence-electron chi connectivity index (χ2n) is 7.90. The van der Waals surface area contributed by atoms with E-state index < -0.39 is 16.9 Å². The highest BCUT2D eigenvalue weighted by molar-refractivity contribution is 6.30. The Morgan fingerprint density at radius 3 is 2.59 bits per heavy atom. The van der Waals surface area contributed by atoms with Crippen LogP contribution in [0.5, 0.6) is 0 Å². The summed E-state index contributed by atoms with van der Waals surface area (Å²) in [5.74, 6) is 0.352. The highest BCUT2D eigenvalue weighted by Crippen LogP contribution is 2.59. The summed E-state index contributed by atoms with van der Waals surface area (Å²) in [4.78, 5) is 18.6. The minimum atomic E-state index is -0.824.